The molecule has 2 aromatic carbocycles. The largest absolute Gasteiger partial charge is 0.457 e. The number of hydrogen-bond acceptors (Lipinski definition) is 9. The third-order valence-electron chi connectivity index (χ3n) is 9.15. The molecular formula is C34H41FN8O4S. The molecule has 6 rings (SSSR count). The van der Waals surface area contributed by atoms with E-state index in [0.717, 1.165) is 12.8 Å². The predicted octanol–water partition coefficient (Wildman–Crippen LogP) is 4.47. The van der Waals surface area contributed by atoms with Gasteiger partial charge in [0.15, 0.2) is 5.65 Å². The Morgan fingerprint density at radius 1 is 1.04 bits per heavy atom. The highest BCUT2D eigenvalue weighted by Crippen LogP contribution is 2.36. The Bertz CT molecular complexity index is 1960. The lowest BCUT2D eigenvalue weighted by Crippen LogP contribution is -2.55. The average Bonchev–Trinajstić information content (AvgIpc) is 3.45. The van der Waals surface area contributed by atoms with E-state index in [0.29, 0.717) is 73.1 Å². The molecule has 2 aliphatic rings. The van der Waals surface area contributed by atoms with Crippen molar-refractivity contribution in [2.75, 3.05) is 51.3 Å². The van der Waals surface area contributed by atoms with Crippen LogP contribution in [-0.4, -0.2) is 99.2 Å². The van der Waals surface area contributed by atoms with Crippen LogP contribution in [0.1, 0.15) is 39.7 Å². The number of halogens is 1. The van der Waals surface area contributed by atoms with Gasteiger partial charge in [0.05, 0.1) is 17.7 Å². The number of nitrogens with two attached hydrogens (primary N) is 1. The number of rotatable bonds is 8. The molecule has 0 unspecified atom stereocenters. The summed E-state index contributed by atoms with van der Waals surface area (Å²) in [6, 6.07) is 13.5. The van der Waals surface area contributed by atoms with Crippen molar-refractivity contribution in [3.8, 4) is 22.8 Å². The molecule has 254 valence electrons. The fourth-order valence-electron chi connectivity index (χ4n) is 6.68. The summed E-state index contributed by atoms with van der Waals surface area (Å²) in [6.45, 7) is 8.88. The monoisotopic (exact) mass is 676 g/mol. The summed E-state index contributed by atoms with van der Waals surface area (Å²) in [5.74, 6) is 0.523. The Morgan fingerprint density at radius 3 is 2.46 bits per heavy atom. The van der Waals surface area contributed by atoms with Crippen LogP contribution < -0.4 is 10.5 Å². The lowest BCUT2D eigenvalue weighted by atomic mass is 9.97. The lowest BCUT2D eigenvalue weighted by Gasteiger charge is -2.42. The van der Waals surface area contributed by atoms with Crippen molar-refractivity contribution in [1.82, 2.24) is 33.9 Å². The summed E-state index contributed by atoms with van der Waals surface area (Å²) in [7, 11) is -3.23. The van der Waals surface area contributed by atoms with E-state index in [4.69, 9.17) is 15.6 Å². The van der Waals surface area contributed by atoms with Gasteiger partial charge in [-0.1, -0.05) is 24.3 Å². The van der Waals surface area contributed by atoms with Gasteiger partial charge >= 0.3 is 0 Å². The number of fused-ring (bicyclic) bond motifs is 1. The number of carbonyl (C=O) groups is 1. The molecule has 4 aromatic rings. The number of aromatic nitrogens is 4. The van der Waals surface area contributed by atoms with Crippen LogP contribution in [0.25, 0.3) is 22.3 Å². The number of ether oxygens (including phenoxy) is 1. The number of amides is 1. The Morgan fingerprint density at radius 2 is 1.77 bits per heavy atom. The fourth-order valence-corrected chi connectivity index (χ4v) is 7.51. The van der Waals surface area contributed by atoms with E-state index in [9.17, 15) is 13.2 Å². The second-order valence-electron chi connectivity index (χ2n) is 13.0. The summed E-state index contributed by atoms with van der Waals surface area (Å²) in [6.07, 6.45) is 6.06. The number of nitrogens with zero attached hydrogens (tertiary/aromatic N) is 7. The molecule has 1 atom stereocenters. The minimum atomic E-state index is -3.23. The molecule has 2 fully saturated rings. The summed E-state index contributed by atoms with van der Waals surface area (Å²) in [4.78, 5) is 26.5. The van der Waals surface area contributed by atoms with Crippen LogP contribution in [0.5, 0.6) is 11.5 Å². The lowest BCUT2D eigenvalue weighted by molar-refractivity contribution is -0.128. The number of hydrogen-bond donors (Lipinski definition) is 1. The van der Waals surface area contributed by atoms with Crippen LogP contribution in [0, 0.1) is 5.82 Å². The molecule has 14 heteroatoms. The molecule has 0 bridgehead atoms. The molecule has 12 nitrogen and oxygen atoms in total. The van der Waals surface area contributed by atoms with Gasteiger partial charge in [0.25, 0.3) is 0 Å². The van der Waals surface area contributed by atoms with E-state index in [1.54, 1.807) is 28.9 Å². The Hall–Kier alpha value is -4.40. The maximum Gasteiger partial charge on any atom is 0.249 e. The summed E-state index contributed by atoms with van der Waals surface area (Å²) in [5.41, 5.74) is 7.52. The molecular weight excluding hydrogens is 635 g/mol. The molecule has 2 saturated heterocycles. The number of piperidine rings is 1. The van der Waals surface area contributed by atoms with Gasteiger partial charge in [-0.2, -0.15) is 9.40 Å². The zero-order valence-electron chi connectivity index (χ0n) is 27.6. The molecule has 0 saturated carbocycles. The first-order valence-corrected chi connectivity index (χ1v) is 17.9. The first-order chi connectivity index (χ1) is 22.8. The predicted molar refractivity (Wildman–Crippen MR) is 182 cm³/mol. The van der Waals surface area contributed by atoms with Gasteiger partial charge in [0.2, 0.25) is 15.9 Å². The van der Waals surface area contributed by atoms with E-state index in [1.165, 1.54) is 23.0 Å². The van der Waals surface area contributed by atoms with Crippen molar-refractivity contribution in [3.05, 3.63) is 72.3 Å². The molecule has 2 N–H and O–H groups in total. The van der Waals surface area contributed by atoms with Gasteiger partial charge in [0, 0.05) is 62.0 Å². The zero-order chi connectivity index (χ0) is 34.2. The number of benzene rings is 2. The normalized spacial score (nSPS) is 18.7. The van der Waals surface area contributed by atoms with Crippen molar-refractivity contribution in [1.29, 1.82) is 0 Å². The Labute approximate surface area is 280 Å². The van der Waals surface area contributed by atoms with Gasteiger partial charge < -0.3 is 15.4 Å². The van der Waals surface area contributed by atoms with Gasteiger partial charge in [0.1, 0.15) is 35.2 Å². The van der Waals surface area contributed by atoms with Gasteiger partial charge in [-0.05, 0) is 57.9 Å². The highest BCUT2D eigenvalue weighted by Gasteiger charge is 2.33. The topological polar surface area (TPSA) is 140 Å². The molecule has 0 spiro atoms. The van der Waals surface area contributed by atoms with Crippen molar-refractivity contribution in [2.24, 2.45) is 0 Å². The van der Waals surface area contributed by atoms with Crippen LogP contribution in [0.4, 0.5) is 10.2 Å². The number of nitrogen functional groups attached to an aromatic ring is 1. The minimum Gasteiger partial charge on any atom is -0.457 e. The van der Waals surface area contributed by atoms with Crippen LogP contribution in [0.2, 0.25) is 0 Å². The van der Waals surface area contributed by atoms with Gasteiger partial charge in [-0.15, -0.1) is 0 Å². The van der Waals surface area contributed by atoms with Gasteiger partial charge in [-0.3, -0.25) is 9.69 Å². The standard InChI is InChI=1S/C34H41FN8O4S/c1-23(20-34(2,3)41-15-17-42(18-16-41)48(4,45)46)33(44)40-14-8-9-24(21-40)43-32-29(31(36)37-22-38-32)30(39-43)27-13-12-26(19-28(27)35)47-25-10-6-5-7-11-25/h5-7,10-13,19-20,22,24H,8-9,14-18,21H2,1-4H3,(H2,36,37,38)/t24-/m1/s1. The molecule has 0 radical (unpaired) electrons. The van der Waals surface area contributed by atoms with E-state index >= 15 is 4.39 Å². The van der Waals surface area contributed by atoms with Crippen LogP contribution in [-0.2, 0) is 14.8 Å². The SMILES string of the molecule is CC(=CC(C)(C)N1CCN(S(C)(=O)=O)CC1)C(=O)N1CCC[C@@H](n2nc(-c3ccc(Oc4ccccc4)cc3F)c3c(N)ncnc32)C1. The minimum absolute atomic E-state index is 0.0755. The molecule has 48 heavy (non-hydrogen) atoms. The summed E-state index contributed by atoms with van der Waals surface area (Å²) < 4.78 is 48.6. The molecule has 2 aromatic heterocycles. The van der Waals surface area contributed by atoms with Crippen molar-refractivity contribution >= 4 is 32.8 Å². The number of sulfonamides is 1. The number of likely N-dealkylation sites (tertiary alicyclic amines) is 1. The third kappa shape index (κ3) is 6.91. The first kappa shape index (κ1) is 33.5. The van der Waals surface area contributed by atoms with Crippen LogP contribution in [0.15, 0.2) is 66.5 Å². The smallest absolute Gasteiger partial charge is 0.249 e. The summed E-state index contributed by atoms with van der Waals surface area (Å²) >= 11 is 0. The molecule has 4 heterocycles. The number of anilines is 1. The van der Waals surface area contributed by atoms with E-state index in [2.05, 4.69) is 14.9 Å². The number of carbonyl (C=O) groups excluding carboxylic acids is 1. The maximum atomic E-state index is 15.6. The van der Waals surface area contributed by atoms with E-state index < -0.39 is 21.4 Å². The molecule has 1 amide bonds. The summed E-state index contributed by atoms with van der Waals surface area (Å²) in [5, 5.41) is 5.30. The Kier molecular flexibility index (Phi) is 9.25. The molecule has 2 aliphatic heterocycles. The van der Waals surface area contributed by atoms with E-state index in [1.807, 2.05) is 49.9 Å². The highest BCUT2D eigenvalue weighted by molar-refractivity contribution is 7.88. The zero-order valence-corrected chi connectivity index (χ0v) is 28.5. The third-order valence-corrected chi connectivity index (χ3v) is 10.5. The highest BCUT2D eigenvalue weighted by atomic mass is 32.2. The van der Waals surface area contributed by atoms with Crippen molar-refractivity contribution in [2.45, 2.75) is 45.2 Å². The number of para-hydroxylation sites is 1. The molecule has 0 aliphatic carbocycles. The van der Waals surface area contributed by atoms with Crippen molar-refractivity contribution in [3.63, 3.8) is 0 Å². The first-order valence-electron chi connectivity index (χ1n) is 16.0. The Balaban J connectivity index is 1.22. The second kappa shape index (κ2) is 13.2. The van der Waals surface area contributed by atoms with Crippen LogP contribution >= 0.6 is 0 Å². The number of piperazine rings is 1. The quantitative estimate of drug-likeness (QED) is 0.268. The van der Waals surface area contributed by atoms with Crippen molar-refractivity contribution < 1.29 is 22.3 Å². The average molecular weight is 677 g/mol. The fraction of sp³-hybridized carbons (Fsp3) is 0.412. The second-order valence-corrected chi connectivity index (χ2v) is 15.0. The van der Waals surface area contributed by atoms with E-state index in [-0.39, 0.29) is 23.3 Å². The van der Waals surface area contributed by atoms with Crippen LogP contribution in [0.3, 0.4) is 0 Å². The van der Waals surface area contributed by atoms with Gasteiger partial charge in [-0.25, -0.2) is 27.5 Å². The maximum absolute atomic E-state index is 15.6.